The minimum Gasteiger partial charge on any atom is -0.468 e. The maximum atomic E-state index is 13.3. The normalized spacial score (nSPS) is 15.7. The molecule has 0 saturated carbocycles. The molecule has 0 bridgehead atoms. The molecule has 174 valence electrons. The highest BCUT2D eigenvalue weighted by atomic mass is 79.9. The van der Waals surface area contributed by atoms with E-state index in [4.69, 9.17) is 11.6 Å². The van der Waals surface area contributed by atoms with Crippen LogP contribution in [0.15, 0.2) is 53.0 Å². The van der Waals surface area contributed by atoms with E-state index in [1.165, 1.54) is 24.0 Å². The summed E-state index contributed by atoms with van der Waals surface area (Å²) in [7, 11) is 2.73. The van der Waals surface area contributed by atoms with Crippen LogP contribution in [0.25, 0.3) is 0 Å². The summed E-state index contributed by atoms with van der Waals surface area (Å²) >= 11 is 9.34. The molecule has 0 aliphatic carbocycles. The van der Waals surface area contributed by atoms with Gasteiger partial charge in [0.05, 0.1) is 12.8 Å². The Balaban J connectivity index is 1.81. The van der Waals surface area contributed by atoms with Crippen molar-refractivity contribution in [3.63, 3.8) is 0 Å². The van der Waals surface area contributed by atoms with Crippen LogP contribution in [0.5, 0.6) is 0 Å². The fourth-order valence-corrected chi connectivity index (χ4v) is 3.90. The van der Waals surface area contributed by atoms with Gasteiger partial charge in [-0.2, -0.15) is 0 Å². The van der Waals surface area contributed by atoms with Crippen LogP contribution in [0.2, 0.25) is 5.02 Å². The highest BCUT2D eigenvalue weighted by Gasteiger charge is 2.45. The highest BCUT2D eigenvalue weighted by Crippen LogP contribution is 2.30. The number of likely N-dealkylation sites (N-methyl/N-ethyl adjacent to an activating group) is 1. The van der Waals surface area contributed by atoms with Crippen molar-refractivity contribution in [3.05, 3.63) is 63.6 Å². The van der Waals surface area contributed by atoms with Crippen molar-refractivity contribution in [1.29, 1.82) is 0 Å². The van der Waals surface area contributed by atoms with Gasteiger partial charge in [-0.05, 0) is 48.4 Å². The molecule has 3 rings (SSSR count). The molecular formula is C23H23BrClN3O5. The van der Waals surface area contributed by atoms with Crippen molar-refractivity contribution in [2.75, 3.05) is 25.6 Å². The summed E-state index contributed by atoms with van der Waals surface area (Å²) < 4.78 is 5.48. The first-order chi connectivity index (χ1) is 15.7. The van der Waals surface area contributed by atoms with E-state index in [0.29, 0.717) is 10.7 Å². The minimum atomic E-state index is -0.827. The lowest BCUT2D eigenvalue weighted by Gasteiger charge is -2.23. The van der Waals surface area contributed by atoms with E-state index in [1.54, 1.807) is 24.3 Å². The molecule has 2 aromatic rings. The third-order valence-corrected chi connectivity index (χ3v) is 6.10. The van der Waals surface area contributed by atoms with Crippen LogP contribution in [-0.4, -0.2) is 60.4 Å². The van der Waals surface area contributed by atoms with Crippen molar-refractivity contribution in [3.8, 4) is 0 Å². The number of hydrogen-bond donors (Lipinski definition) is 0. The standard InChI is InChI=1S/C23H23BrClN3O5/c1-26(14-21(30)33-2)20(29)12-11-19-22(31)28(18-9-7-17(25)8-10-18)23(32)27(19)13-15-3-5-16(24)6-4-15/h3-10,19H,11-14H2,1-2H3. The van der Waals surface area contributed by atoms with Crippen LogP contribution in [0.1, 0.15) is 18.4 Å². The Kier molecular flexibility index (Phi) is 8.10. The zero-order chi connectivity index (χ0) is 24.1. The Bertz CT molecular complexity index is 1050. The molecule has 1 heterocycles. The number of benzene rings is 2. The second kappa shape index (κ2) is 10.8. The van der Waals surface area contributed by atoms with Crippen LogP contribution >= 0.6 is 27.5 Å². The Morgan fingerprint density at radius 1 is 1.09 bits per heavy atom. The van der Waals surface area contributed by atoms with Gasteiger partial charge in [-0.25, -0.2) is 9.69 Å². The van der Waals surface area contributed by atoms with Crippen LogP contribution in [0.4, 0.5) is 10.5 Å². The van der Waals surface area contributed by atoms with Gasteiger partial charge in [0.25, 0.3) is 5.91 Å². The second-order valence-corrected chi connectivity index (χ2v) is 8.92. The number of anilines is 1. The van der Waals surface area contributed by atoms with Crippen molar-refractivity contribution >= 4 is 57.0 Å². The lowest BCUT2D eigenvalue weighted by molar-refractivity contribution is -0.146. The molecular weight excluding hydrogens is 514 g/mol. The molecule has 1 aliphatic heterocycles. The smallest absolute Gasteiger partial charge is 0.332 e. The van der Waals surface area contributed by atoms with Crippen LogP contribution in [0, 0.1) is 0 Å². The molecule has 0 aromatic heterocycles. The first kappa shape index (κ1) is 24.7. The summed E-state index contributed by atoms with van der Waals surface area (Å²) in [6.07, 6.45) is 0.109. The number of halogens is 2. The monoisotopic (exact) mass is 535 g/mol. The molecule has 0 radical (unpaired) electrons. The molecule has 1 saturated heterocycles. The number of urea groups is 1. The van der Waals surface area contributed by atoms with Gasteiger partial charge in [-0.3, -0.25) is 14.4 Å². The Morgan fingerprint density at radius 2 is 1.73 bits per heavy atom. The number of imide groups is 1. The Morgan fingerprint density at radius 3 is 2.33 bits per heavy atom. The molecule has 0 N–H and O–H groups in total. The number of methoxy groups -OCH3 is 1. The first-order valence-electron chi connectivity index (χ1n) is 10.2. The van der Waals surface area contributed by atoms with E-state index < -0.39 is 23.9 Å². The first-order valence-corrected chi connectivity index (χ1v) is 11.3. The van der Waals surface area contributed by atoms with Crippen molar-refractivity contribution in [2.45, 2.75) is 25.4 Å². The quantitative estimate of drug-likeness (QED) is 0.378. The van der Waals surface area contributed by atoms with Gasteiger partial charge in [0.1, 0.15) is 12.6 Å². The molecule has 1 unspecified atom stereocenters. The average Bonchev–Trinajstić information content (AvgIpc) is 3.03. The number of hydrogen-bond acceptors (Lipinski definition) is 5. The summed E-state index contributed by atoms with van der Waals surface area (Å²) in [5.41, 5.74) is 1.25. The summed E-state index contributed by atoms with van der Waals surface area (Å²) in [6, 6.07) is 12.6. The summed E-state index contributed by atoms with van der Waals surface area (Å²) in [4.78, 5) is 54.3. The predicted molar refractivity (Wildman–Crippen MR) is 127 cm³/mol. The zero-order valence-electron chi connectivity index (χ0n) is 18.2. The molecule has 33 heavy (non-hydrogen) atoms. The van der Waals surface area contributed by atoms with Crippen molar-refractivity contribution in [1.82, 2.24) is 9.80 Å². The maximum Gasteiger partial charge on any atom is 0.332 e. The van der Waals surface area contributed by atoms with Gasteiger partial charge in [0.15, 0.2) is 0 Å². The fourth-order valence-electron chi connectivity index (χ4n) is 3.51. The number of carbonyl (C=O) groups is 4. The molecule has 1 fully saturated rings. The van der Waals surface area contributed by atoms with Gasteiger partial charge < -0.3 is 14.5 Å². The molecule has 1 atom stereocenters. The zero-order valence-corrected chi connectivity index (χ0v) is 20.5. The van der Waals surface area contributed by atoms with E-state index >= 15 is 0 Å². The van der Waals surface area contributed by atoms with Gasteiger partial charge in [0, 0.05) is 29.5 Å². The number of ether oxygens (including phenoxy) is 1. The van der Waals surface area contributed by atoms with Crippen LogP contribution in [0.3, 0.4) is 0 Å². The summed E-state index contributed by atoms with van der Waals surface area (Å²) in [5, 5.41) is 0.486. The van der Waals surface area contributed by atoms with Crippen LogP contribution in [-0.2, 0) is 25.7 Å². The third kappa shape index (κ3) is 5.91. The summed E-state index contributed by atoms with van der Waals surface area (Å²) in [5.74, 6) is -1.28. The number of carbonyl (C=O) groups excluding carboxylic acids is 4. The Labute approximate surface area is 205 Å². The lowest BCUT2D eigenvalue weighted by Crippen LogP contribution is -2.37. The van der Waals surface area contributed by atoms with Crippen LogP contribution < -0.4 is 4.90 Å². The van der Waals surface area contributed by atoms with E-state index in [9.17, 15) is 19.2 Å². The lowest BCUT2D eigenvalue weighted by atomic mass is 10.1. The third-order valence-electron chi connectivity index (χ3n) is 5.32. The van der Waals surface area contributed by atoms with E-state index in [1.807, 2.05) is 24.3 Å². The average molecular weight is 537 g/mol. The highest BCUT2D eigenvalue weighted by molar-refractivity contribution is 9.10. The predicted octanol–water partition coefficient (Wildman–Crippen LogP) is 3.85. The van der Waals surface area contributed by atoms with Crippen molar-refractivity contribution in [2.24, 2.45) is 0 Å². The molecule has 4 amide bonds. The van der Waals surface area contributed by atoms with Gasteiger partial charge in [-0.1, -0.05) is 39.7 Å². The number of nitrogens with zero attached hydrogens (tertiary/aromatic N) is 3. The molecule has 8 nitrogen and oxygen atoms in total. The topological polar surface area (TPSA) is 87.2 Å². The molecule has 0 spiro atoms. The number of rotatable bonds is 8. The fraction of sp³-hybridized carbons (Fsp3) is 0.304. The van der Waals surface area contributed by atoms with Gasteiger partial charge >= 0.3 is 12.0 Å². The second-order valence-electron chi connectivity index (χ2n) is 7.57. The summed E-state index contributed by atoms with van der Waals surface area (Å²) in [6.45, 7) is 0.0190. The largest absolute Gasteiger partial charge is 0.468 e. The van der Waals surface area contributed by atoms with E-state index in [0.717, 1.165) is 14.9 Å². The van der Waals surface area contributed by atoms with Gasteiger partial charge in [0.2, 0.25) is 5.91 Å². The maximum absolute atomic E-state index is 13.3. The number of esters is 1. The minimum absolute atomic E-state index is 0.0114. The van der Waals surface area contributed by atoms with E-state index in [-0.39, 0.29) is 31.8 Å². The molecule has 2 aromatic carbocycles. The number of amides is 4. The van der Waals surface area contributed by atoms with Gasteiger partial charge in [-0.15, -0.1) is 0 Å². The SMILES string of the molecule is COC(=O)CN(C)C(=O)CCC1C(=O)N(c2ccc(Cl)cc2)C(=O)N1Cc1ccc(Br)cc1. The molecule has 10 heteroatoms. The van der Waals surface area contributed by atoms with E-state index in [2.05, 4.69) is 20.7 Å². The molecule has 1 aliphatic rings. The Hall–Kier alpha value is -2.91. The van der Waals surface area contributed by atoms with Crippen molar-refractivity contribution < 1.29 is 23.9 Å².